The molecule has 8 heteroatoms. The molecule has 1 saturated heterocycles. The third-order valence-electron chi connectivity index (χ3n) is 6.42. The molecule has 170 valence electrons. The molecule has 3 aromatic rings. The molecular weight excluding hydrogens is 438 g/mol. The SMILES string of the molecule is O=C(Nc1ccc(-c2nnc3n2CCCCC3)cc1)[C@H]1CC(=O)N(Cc2ccccc2Cl)C1. The fourth-order valence-corrected chi connectivity index (χ4v) is 4.77. The molecule has 0 aliphatic carbocycles. The Morgan fingerprint density at radius 2 is 1.88 bits per heavy atom. The molecule has 2 aromatic carbocycles. The van der Waals surface area contributed by atoms with E-state index in [-0.39, 0.29) is 24.2 Å². The van der Waals surface area contributed by atoms with Gasteiger partial charge in [-0.3, -0.25) is 9.59 Å². The third kappa shape index (κ3) is 4.64. The monoisotopic (exact) mass is 463 g/mol. The normalized spacial score (nSPS) is 18.2. The van der Waals surface area contributed by atoms with E-state index >= 15 is 0 Å². The average Bonchev–Trinajstić information content (AvgIpc) is 3.31. The van der Waals surface area contributed by atoms with Crippen molar-refractivity contribution in [1.29, 1.82) is 0 Å². The highest BCUT2D eigenvalue weighted by molar-refractivity contribution is 6.31. The minimum Gasteiger partial charge on any atom is -0.337 e. The summed E-state index contributed by atoms with van der Waals surface area (Å²) in [6.45, 7) is 1.75. The van der Waals surface area contributed by atoms with Crippen molar-refractivity contribution in [2.75, 3.05) is 11.9 Å². The Bertz CT molecular complexity index is 1170. The lowest BCUT2D eigenvalue weighted by Crippen LogP contribution is -2.28. The van der Waals surface area contributed by atoms with Crippen LogP contribution in [0.5, 0.6) is 0 Å². The van der Waals surface area contributed by atoms with Crippen LogP contribution in [0.1, 0.15) is 37.1 Å². The number of hydrogen-bond acceptors (Lipinski definition) is 4. The molecule has 0 bridgehead atoms. The molecule has 0 unspecified atom stereocenters. The number of benzene rings is 2. The number of carbonyl (C=O) groups is 2. The molecule has 0 radical (unpaired) electrons. The van der Waals surface area contributed by atoms with Crippen molar-refractivity contribution < 1.29 is 9.59 Å². The first-order chi connectivity index (χ1) is 16.1. The second-order valence-corrected chi connectivity index (χ2v) is 9.14. The zero-order valence-corrected chi connectivity index (χ0v) is 19.1. The number of amides is 2. The van der Waals surface area contributed by atoms with Crippen LogP contribution >= 0.6 is 11.6 Å². The van der Waals surface area contributed by atoms with Gasteiger partial charge < -0.3 is 14.8 Å². The van der Waals surface area contributed by atoms with Crippen LogP contribution in [-0.4, -0.2) is 38.0 Å². The van der Waals surface area contributed by atoms with Gasteiger partial charge in [0.2, 0.25) is 11.8 Å². The standard InChI is InChI=1S/C25H26ClN5O2/c26-21-7-4-3-6-18(21)15-30-16-19(14-23(30)32)25(33)27-20-11-9-17(10-12-20)24-29-28-22-8-2-1-5-13-31(22)24/h3-4,6-7,9-12,19H,1-2,5,8,13-16H2,(H,27,33)/t19-/m0/s1. The molecule has 1 N–H and O–H groups in total. The van der Waals surface area contributed by atoms with Gasteiger partial charge in [0, 0.05) is 48.7 Å². The van der Waals surface area contributed by atoms with E-state index in [1.54, 1.807) is 4.90 Å². The van der Waals surface area contributed by atoms with Gasteiger partial charge in [-0.25, -0.2) is 0 Å². The van der Waals surface area contributed by atoms with E-state index in [9.17, 15) is 9.59 Å². The van der Waals surface area contributed by atoms with Crippen molar-refractivity contribution in [3.8, 4) is 11.4 Å². The Morgan fingerprint density at radius 1 is 1.06 bits per heavy atom. The van der Waals surface area contributed by atoms with Crippen LogP contribution < -0.4 is 5.32 Å². The van der Waals surface area contributed by atoms with Crippen LogP contribution in [0.4, 0.5) is 5.69 Å². The summed E-state index contributed by atoms with van der Waals surface area (Å²) in [5, 5.41) is 12.3. The predicted molar refractivity (Wildman–Crippen MR) is 127 cm³/mol. The van der Waals surface area contributed by atoms with E-state index in [1.807, 2.05) is 48.5 Å². The van der Waals surface area contributed by atoms with E-state index in [0.29, 0.717) is 23.8 Å². The van der Waals surface area contributed by atoms with E-state index in [4.69, 9.17) is 11.6 Å². The van der Waals surface area contributed by atoms with Crippen molar-refractivity contribution in [3.05, 3.63) is 64.9 Å². The van der Waals surface area contributed by atoms with E-state index in [1.165, 1.54) is 6.42 Å². The van der Waals surface area contributed by atoms with Crippen LogP contribution in [0.15, 0.2) is 48.5 Å². The number of nitrogens with zero attached hydrogens (tertiary/aromatic N) is 4. The number of aryl methyl sites for hydroxylation is 1. The minimum absolute atomic E-state index is 0.0297. The average molecular weight is 464 g/mol. The molecule has 33 heavy (non-hydrogen) atoms. The molecule has 0 spiro atoms. The Balaban J connectivity index is 1.22. The zero-order chi connectivity index (χ0) is 22.8. The van der Waals surface area contributed by atoms with Crippen LogP contribution in [0, 0.1) is 5.92 Å². The number of nitrogens with one attached hydrogen (secondary N) is 1. The second-order valence-electron chi connectivity index (χ2n) is 8.74. The largest absolute Gasteiger partial charge is 0.337 e. The van der Waals surface area contributed by atoms with Crippen LogP contribution in [0.3, 0.4) is 0 Å². The number of aromatic nitrogens is 3. The maximum Gasteiger partial charge on any atom is 0.229 e. The molecule has 2 aliphatic heterocycles. The smallest absolute Gasteiger partial charge is 0.229 e. The summed E-state index contributed by atoms with van der Waals surface area (Å²) in [7, 11) is 0. The van der Waals surface area contributed by atoms with Gasteiger partial charge in [0.05, 0.1) is 5.92 Å². The van der Waals surface area contributed by atoms with Gasteiger partial charge in [-0.15, -0.1) is 10.2 Å². The molecular formula is C25H26ClN5O2. The summed E-state index contributed by atoms with van der Waals surface area (Å²) in [4.78, 5) is 27.0. The van der Waals surface area contributed by atoms with E-state index in [2.05, 4.69) is 20.1 Å². The maximum absolute atomic E-state index is 12.8. The fraction of sp³-hybridized carbons (Fsp3) is 0.360. The minimum atomic E-state index is -0.382. The first-order valence-electron chi connectivity index (χ1n) is 11.4. The summed E-state index contributed by atoms with van der Waals surface area (Å²) in [5.74, 6) is 1.37. The van der Waals surface area contributed by atoms with Crippen LogP contribution in [-0.2, 0) is 29.1 Å². The van der Waals surface area contributed by atoms with Crippen molar-refractivity contribution in [3.63, 3.8) is 0 Å². The predicted octanol–water partition coefficient (Wildman–Crippen LogP) is 4.31. The summed E-state index contributed by atoms with van der Waals surface area (Å²) in [6.07, 6.45) is 4.69. The van der Waals surface area contributed by atoms with Gasteiger partial charge in [0.1, 0.15) is 5.82 Å². The molecule has 1 atom stereocenters. The molecule has 2 amide bonds. The zero-order valence-electron chi connectivity index (χ0n) is 18.3. The quantitative estimate of drug-likeness (QED) is 0.611. The molecule has 0 saturated carbocycles. The molecule has 7 nitrogen and oxygen atoms in total. The number of hydrogen-bond donors (Lipinski definition) is 1. The summed E-state index contributed by atoms with van der Waals surface area (Å²) < 4.78 is 2.21. The number of halogens is 1. The highest BCUT2D eigenvalue weighted by atomic mass is 35.5. The van der Waals surface area contributed by atoms with Crippen molar-refractivity contribution in [2.24, 2.45) is 5.92 Å². The molecule has 3 heterocycles. The summed E-state index contributed by atoms with van der Waals surface area (Å²) in [5.41, 5.74) is 2.57. The maximum atomic E-state index is 12.8. The van der Waals surface area contributed by atoms with Crippen molar-refractivity contribution >= 4 is 29.1 Å². The number of anilines is 1. The fourth-order valence-electron chi connectivity index (χ4n) is 4.58. The van der Waals surface area contributed by atoms with Gasteiger partial charge in [-0.1, -0.05) is 36.2 Å². The Morgan fingerprint density at radius 3 is 2.70 bits per heavy atom. The van der Waals surface area contributed by atoms with Crippen molar-refractivity contribution in [2.45, 2.75) is 45.2 Å². The number of likely N-dealkylation sites (tertiary alicyclic amines) is 1. The lowest BCUT2D eigenvalue weighted by atomic mass is 10.1. The van der Waals surface area contributed by atoms with Gasteiger partial charge in [0.25, 0.3) is 0 Å². The Kier molecular flexibility index (Phi) is 6.13. The number of carbonyl (C=O) groups excluding carboxylic acids is 2. The molecule has 2 aliphatic rings. The van der Waals surface area contributed by atoms with Gasteiger partial charge >= 0.3 is 0 Å². The highest BCUT2D eigenvalue weighted by Gasteiger charge is 2.34. The number of fused-ring (bicyclic) bond motifs is 1. The number of rotatable bonds is 5. The van der Waals surface area contributed by atoms with Gasteiger partial charge in [-0.05, 0) is 48.7 Å². The topological polar surface area (TPSA) is 80.1 Å². The lowest BCUT2D eigenvalue weighted by molar-refractivity contribution is -0.128. The van der Waals surface area contributed by atoms with Crippen LogP contribution in [0.25, 0.3) is 11.4 Å². The van der Waals surface area contributed by atoms with E-state index < -0.39 is 0 Å². The van der Waals surface area contributed by atoms with E-state index in [0.717, 1.165) is 48.6 Å². The second kappa shape index (κ2) is 9.35. The lowest BCUT2D eigenvalue weighted by Gasteiger charge is -2.17. The Hall–Kier alpha value is -3.19. The van der Waals surface area contributed by atoms with Gasteiger partial charge in [-0.2, -0.15) is 0 Å². The molecule has 1 aromatic heterocycles. The van der Waals surface area contributed by atoms with Crippen molar-refractivity contribution in [1.82, 2.24) is 19.7 Å². The first-order valence-corrected chi connectivity index (χ1v) is 11.8. The first kappa shape index (κ1) is 21.6. The highest BCUT2D eigenvalue weighted by Crippen LogP contribution is 2.26. The summed E-state index contributed by atoms with van der Waals surface area (Å²) in [6, 6.07) is 15.1. The van der Waals surface area contributed by atoms with Crippen LogP contribution in [0.2, 0.25) is 5.02 Å². The molecule has 5 rings (SSSR count). The molecule has 1 fully saturated rings. The summed E-state index contributed by atoms with van der Waals surface area (Å²) >= 11 is 6.23. The van der Waals surface area contributed by atoms with Gasteiger partial charge in [0.15, 0.2) is 5.82 Å². The third-order valence-corrected chi connectivity index (χ3v) is 6.79. The Labute approximate surface area is 197 Å².